The summed E-state index contributed by atoms with van der Waals surface area (Å²) in [4.78, 5) is 26.4. The number of hydrogen-bond donors (Lipinski definition) is 0. The molecule has 1 unspecified atom stereocenters. The molecule has 1 saturated heterocycles. The second kappa shape index (κ2) is 4.70. The summed E-state index contributed by atoms with van der Waals surface area (Å²) in [5.74, 6) is -0.340. The summed E-state index contributed by atoms with van der Waals surface area (Å²) in [5.41, 5.74) is 2.02. The van der Waals surface area contributed by atoms with Crippen molar-refractivity contribution in [3.8, 4) is 0 Å². The van der Waals surface area contributed by atoms with E-state index in [9.17, 15) is 9.59 Å². The maximum Gasteiger partial charge on any atom is 0.307 e. The van der Waals surface area contributed by atoms with E-state index in [1.54, 1.807) is 4.90 Å². The zero-order chi connectivity index (χ0) is 15.2. The molecule has 2 aliphatic rings. The lowest BCUT2D eigenvalue weighted by atomic mass is 9.81. The highest BCUT2D eigenvalue weighted by Gasteiger charge is 2.56. The Balaban J connectivity index is 1.78. The minimum atomic E-state index is -0.831. The Bertz CT molecular complexity index is 756. The van der Waals surface area contributed by atoms with Gasteiger partial charge in [0.2, 0.25) is 5.91 Å². The summed E-state index contributed by atoms with van der Waals surface area (Å²) in [6.45, 7) is 0.652. The van der Waals surface area contributed by atoms with Crippen molar-refractivity contribution in [2.45, 2.75) is 18.4 Å². The number of esters is 1. The van der Waals surface area contributed by atoms with Crippen LogP contribution in [0.5, 0.6) is 0 Å². The average Bonchev–Trinajstić information content (AvgIpc) is 3.04. The summed E-state index contributed by atoms with van der Waals surface area (Å²) < 4.78 is 5.13. The third-order valence-corrected chi connectivity index (χ3v) is 4.47. The molecule has 110 valence electrons. The van der Waals surface area contributed by atoms with Gasteiger partial charge in [-0.1, -0.05) is 48.5 Å². The van der Waals surface area contributed by atoms with Gasteiger partial charge in [0.25, 0.3) is 0 Å². The summed E-state index contributed by atoms with van der Waals surface area (Å²) in [7, 11) is 0. The van der Waals surface area contributed by atoms with Crippen molar-refractivity contribution in [1.29, 1.82) is 0 Å². The molecule has 4 rings (SSSR count). The molecule has 1 spiro atoms. The van der Waals surface area contributed by atoms with Crippen molar-refractivity contribution in [2.24, 2.45) is 0 Å². The third kappa shape index (κ3) is 1.77. The van der Waals surface area contributed by atoms with Crippen LogP contribution < -0.4 is 4.90 Å². The quantitative estimate of drug-likeness (QED) is 0.799. The molecule has 0 aliphatic carbocycles. The Labute approximate surface area is 128 Å². The van der Waals surface area contributed by atoms with Gasteiger partial charge in [-0.25, -0.2) is 0 Å². The lowest BCUT2D eigenvalue weighted by Crippen LogP contribution is -2.40. The highest BCUT2D eigenvalue weighted by molar-refractivity contribution is 6.10. The fraction of sp³-hybridized carbons (Fsp3) is 0.222. The molecule has 0 saturated carbocycles. The topological polar surface area (TPSA) is 46.6 Å². The first-order chi connectivity index (χ1) is 10.7. The molecule has 0 radical (unpaired) electrons. The van der Waals surface area contributed by atoms with E-state index in [-0.39, 0.29) is 24.9 Å². The Morgan fingerprint density at radius 2 is 1.73 bits per heavy atom. The van der Waals surface area contributed by atoms with Gasteiger partial charge < -0.3 is 9.64 Å². The zero-order valence-corrected chi connectivity index (χ0v) is 12.0. The van der Waals surface area contributed by atoms with E-state index in [2.05, 4.69) is 0 Å². The Hall–Kier alpha value is -2.62. The third-order valence-electron chi connectivity index (χ3n) is 4.47. The predicted molar refractivity (Wildman–Crippen MR) is 81.3 cm³/mol. The Morgan fingerprint density at radius 3 is 2.45 bits per heavy atom. The number of fused-ring (bicyclic) bond motifs is 2. The van der Waals surface area contributed by atoms with Crippen LogP contribution in [0.4, 0.5) is 5.69 Å². The van der Waals surface area contributed by atoms with Crippen molar-refractivity contribution < 1.29 is 14.3 Å². The first-order valence-corrected chi connectivity index (χ1v) is 7.32. The van der Waals surface area contributed by atoms with Crippen molar-refractivity contribution in [3.63, 3.8) is 0 Å². The molecule has 2 aromatic carbocycles. The number of cyclic esters (lactones) is 1. The molecule has 2 heterocycles. The van der Waals surface area contributed by atoms with Gasteiger partial charge in [-0.05, 0) is 17.2 Å². The van der Waals surface area contributed by atoms with Crippen LogP contribution >= 0.6 is 0 Å². The highest BCUT2D eigenvalue weighted by Crippen LogP contribution is 2.47. The second-order valence-corrected chi connectivity index (χ2v) is 5.81. The largest absolute Gasteiger partial charge is 0.464 e. The smallest absolute Gasteiger partial charge is 0.307 e. The fourth-order valence-corrected chi connectivity index (χ4v) is 3.38. The van der Waals surface area contributed by atoms with Crippen LogP contribution in [0.25, 0.3) is 0 Å². The first kappa shape index (κ1) is 13.1. The number of carbonyl (C=O) groups is 2. The Morgan fingerprint density at radius 1 is 1.00 bits per heavy atom. The lowest BCUT2D eigenvalue weighted by molar-refractivity contribution is -0.137. The van der Waals surface area contributed by atoms with E-state index < -0.39 is 5.41 Å². The molecule has 1 amide bonds. The second-order valence-electron chi connectivity index (χ2n) is 5.81. The van der Waals surface area contributed by atoms with Crippen LogP contribution in [-0.2, 0) is 26.3 Å². The van der Waals surface area contributed by atoms with Gasteiger partial charge in [-0.2, -0.15) is 0 Å². The van der Waals surface area contributed by atoms with Crippen molar-refractivity contribution in [2.75, 3.05) is 11.5 Å². The van der Waals surface area contributed by atoms with Crippen molar-refractivity contribution >= 4 is 17.6 Å². The number of amides is 1. The van der Waals surface area contributed by atoms with Gasteiger partial charge >= 0.3 is 5.97 Å². The van der Waals surface area contributed by atoms with E-state index in [0.29, 0.717) is 6.54 Å². The molecule has 2 aromatic rings. The van der Waals surface area contributed by atoms with E-state index in [0.717, 1.165) is 16.8 Å². The molecule has 1 atom stereocenters. The normalized spacial score (nSPS) is 23.0. The van der Waals surface area contributed by atoms with E-state index >= 15 is 0 Å². The average molecular weight is 293 g/mol. The standard InChI is InChI=1S/C18H15NO3/c20-16-10-18(12-22-16)14-8-4-5-9-15(14)19(17(18)21)11-13-6-2-1-3-7-13/h1-9H,10-12H2. The summed E-state index contributed by atoms with van der Waals surface area (Å²) in [5, 5.41) is 0. The summed E-state index contributed by atoms with van der Waals surface area (Å²) in [6.07, 6.45) is 0.133. The van der Waals surface area contributed by atoms with Crippen LogP contribution in [0.3, 0.4) is 0 Å². The van der Waals surface area contributed by atoms with Crippen LogP contribution in [0, 0.1) is 0 Å². The molecule has 0 bridgehead atoms. The number of ether oxygens (including phenoxy) is 1. The van der Waals surface area contributed by atoms with E-state index in [4.69, 9.17) is 4.74 Å². The van der Waals surface area contributed by atoms with Gasteiger partial charge in [0.1, 0.15) is 12.0 Å². The molecular weight excluding hydrogens is 278 g/mol. The number of nitrogens with zero attached hydrogens (tertiary/aromatic N) is 1. The molecule has 4 nitrogen and oxygen atoms in total. The number of rotatable bonds is 2. The minimum Gasteiger partial charge on any atom is -0.464 e. The minimum absolute atomic E-state index is 0.0385. The van der Waals surface area contributed by atoms with E-state index in [1.165, 1.54) is 0 Å². The van der Waals surface area contributed by atoms with Crippen molar-refractivity contribution in [3.05, 3.63) is 65.7 Å². The monoisotopic (exact) mass is 293 g/mol. The van der Waals surface area contributed by atoms with Gasteiger partial charge in [0.15, 0.2) is 0 Å². The number of carbonyl (C=O) groups excluding carboxylic acids is 2. The van der Waals surface area contributed by atoms with Gasteiger partial charge in [0.05, 0.1) is 13.0 Å². The van der Waals surface area contributed by atoms with E-state index in [1.807, 2.05) is 54.6 Å². The maximum atomic E-state index is 13.0. The van der Waals surface area contributed by atoms with Crippen LogP contribution in [-0.4, -0.2) is 18.5 Å². The van der Waals surface area contributed by atoms with Crippen LogP contribution in [0.1, 0.15) is 17.5 Å². The lowest BCUT2D eigenvalue weighted by Gasteiger charge is -2.21. The highest BCUT2D eigenvalue weighted by atomic mass is 16.5. The first-order valence-electron chi connectivity index (χ1n) is 7.32. The van der Waals surface area contributed by atoms with Crippen molar-refractivity contribution in [1.82, 2.24) is 0 Å². The van der Waals surface area contributed by atoms with Gasteiger partial charge in [0, 0.05) is 5.69 Å². The van der Waals surface area contributed by atoms with Gasteiger partial charge in [-0.3, -0.25) is 9.59 Å². The molecule has 2 aliphatic heterocycles. The van der Waals surface area contributed by atoms with Crippen LogP contribution in [0.2, 0.25) is 0 Å². The molecule has 22 heavy (non-hydrogen) atoms. The summed E-state index contributed by atoms with van der Waals surface area (Å²) >= 11 is 0. The SMILES string of the molecule is O=C1CC2(CO1)C(=O)N(Cc1ccccc1)c1ccccc12. The maximum absolute atomic E-state index is 13.0. The Kier molecular flexibility index (Phi) is 2.79. The molecule has 1 fully saturated rings. The summed E-state index contributed by atoms with van der Waals surface area (Å²) in [6, 6.07) is 17.6. The number of hydrogen-bond acceptors (Lipinski definition) is 3. The van der Waals surface area contributed by atoms with Gasteiger partial charge in [-0.15, -0.1) is 0 Å². The van der Waals surface area contributed by atoms with Crippen LogP contribution in [0.15, 0.2) is 54.6 Å². The number of benzene rings is 2. The fourth-order valence-electron chi connectivity index (χ4n) is 3.38. The zero-order valence-electron chi connectivity index (χ0n) is 12.0. The number of anilines is 1. The molecule has 4 heteroatoms. The molecule has 0 N–H and O–H groups in total. The number of para-hydroxylation sites is 1. The molecule has 0 aromatic heterocycles. The molecular formula is C18H15NO3. The predicted octanol–water partition coefficient (Wildman–Crippen LogP) is 2.42.